The molecule has 90 valence electrons. The highest BCUT2D eigenvalue weighted by Gasteiger charge is 2.44. The molecule has 0 spiro atoms. The van der Waals surface area contributed by atoms with Crippen LogP contribution in [0.5, 0.6) is 0 Å². The molecule has 0 aromatic carbocycles. The maximum atomic E-state index is 11.9. The Morgan fingerprint density at radius 2 is 2.44 bits per heavy atom. The van der Waals surface area contributed by atoms with E-state index >= 15 is 0 Å². The van der Waals surface area contributed by atoms with Gasteiger partial charge in [0.15, 0.2) is 0 Å². The van der Waals surface area contributed by atoms with Gasteiger partial charge in [-0.1, -0.05) is 32.8 Å². The predicted molar refractivity (Wildman–Crippen MR) is 64.0 cm³/mol. The van der Waals surface area contributed by atoms with Gasteiger partial charge in [-0.05, 0) is 37.7 Å². The summed E-state index contributed by atoms with van der Waals surface area (Å²) in [6.45, 7) is 4.14. The summed E-state index contributed by atoms with van der Waals surface area (Å²) in [6.07, 6.45) is 10.8. The first-order valence-electron chi connectivity index (χ1n) is 6.57. The molecule has 0 aromatic rings. The molecule has 0 aromatic heterocycles. The Morgan fingerprint density at radius 1 is 1.62 bits per heavy atom. The molecule has 0 amide bonds. The van der Waals surface area contributed by atoms with Gasteiger partial charge in [0.1, 0.15) is 5.60 Å². The van der Waals surface area contributed by atoms with Gasteiger partial charge in [-0.25, -0.2) is 0 Å². The van der Waals surface area contributed by atoms with Crippen LogP contribution in [-0.2, 0) is 9.53 Å². The average Bonchev–Trinajstić information content (AvgIpc) is 2.85. The predicted octanol–water partition coefficient (Wildman–Crippen LogP) is 3.46. The lowest BCUT2D eigenvalue weighted by atomic mass is 10.0. The first-order chi connectivity index (χ1) is 7.65. The maximum absolute atomic E-state index is 11.9. The molecule has 16 heavy (non-hydrogen) atoms. The minimum Gasteiger partial charge on any atom is -0.455 e. The Morgan fingerprint density at radius 3 is 2.94 bits per heavy atom. The van der Waals surface area contributed by atoms with Crippen molar-refractivity contribution in [3.05, 3.63) is 12.2 Å². The molecule has 3 unspecified atom stereocenters. The summed E-state index contributed by atoms with van der Waals surface area (Å²) < 4.78 is 5.72. The van der Waals surface area contributed by atoms with E-state index in [1.807, 2.05) is 6.92 Å². The van der Waals surface area contributed by atoms with Crippen molar-refractivity contribution in [3.8, 4) is 0 Å². The van der Waals surface area contributed by atoms with E-state index in [1.165, 1.54) is 6.42 Å². The molecular weight excluding hydrogens is 200 g/mol. The third kappa shape index (κ3) is 2.31. The average molecular weight is 222 g/mol. The first kappa shape index (κ1) is 11.7. The molecule has 0 saturated heterocycles. The Labute approximate surface area is 98.1 Å². The molecule has 3 atom stereocenters. The molecule has 2 heteroatoms. The third-order valence-electron chi connectivity index (χ3n) is 3.92. The fraction of sp³-hybridized carbons (Fsp3) is 0.786. The fourth-order valence-corrected chi connectivity index (χ4v) is 2.76. The van der Waals surface area contributed by atoms with Crippen molar-refractivity contribution in [2.24, 2.45) is 11.8 Å². The second-order valence-electron chi connectivity index (χ2n) is 5.39. The highest BCUT2D eigenvalue weighted by molar-refractivity contribution is 5.72. The molecule has 1 saturated carbocycles. The monoisotopic (exact) mass is 222 g/mol. The molecule has 2 aliphatic carbocycles. The van der Waals surface area contributed by atoms with Crippen molar-refractivity contribution in [3.63, 3.8) is 0 Å². The zero-order valence-corrected chi connectivity index (χ0v) is 10.4. The summed E-state index contributed by atoms with van der Waals surface area (Å²) in [5.74, 6) is 0.724. The van der Waals surface area contributed by atoms with Crippen LogP contribution in [0, 0.1) is 11.8 Å². The van der Waals surface area contributed by atoms with Crippen LogP contribution in [0.3, 0.4) is 0 Å². The summed E-state index contributed by atoms with van der Waals surface area (Å²) in [5, 5.41) is 0. The van der Waals surface area contributed by atoms with Crippen molar-refractivity contribution < 1.29 is 9.53 Å². The van der Waals surface area contributed by atoms with Gasteiger partial charge in [0.25, 0.3) is 0 Å². The standard InChI is InChI=1S/C14H22O2/c1-3-4-5-11(2)13(15)16-14-8-6-12(10-14)7-9-14/h6,8,11-12H,3-5,7,9-10H2,1-2H3. The first-order valence-corrected chi connectivity index (χ1v) is 6.57. The lowest BCUT2D eigenvalue weighted by molar-refractivity contribution is -0.159. The van der Waals surface area contributed by atoms with E-state index < -0.39 is 0 Å². The Kier molecular flexibility index (Phi) is 3.36. The molecule has 0 heterocycles. The van der Waals surface area contributed by atoms with Gasteiger partial charge in [-0.15, -0.1) is 0 Å². The number of esters is 1. The van der Waals surface area contributed by atoms with Gasteiger partial charge in [0.2, 0.25) is 0 Å². The largest absolute Gasteiger partial charge is 0.455 e. The van der Waals surface area contributed by atoms with Crippen molar-refractivity contribution >= 4 is 5.97 Å². The fourth-order valence-electron chi connectivity index (χ4n) is 2.76. The quantitative estimate of drug-likeness (QED) is 0.526. The zero-order chi connectivity index (χ0) is 11.6. The second kappa shape index (κ2) is 4.60. The van der Waals surface area contributed by atoms with Crippen molar-refractivity contribution in [1.29, 1.82) is 0 Å². The van der Waals surface area contributed by atoms with E-state index in [9.17, 15) is 4.79 Å². The van der Waals surface area contributed by atoms with Crippen LogP contribution in [0.25, 0.3) is 0 Å². The molecule has 0 aliphatic heterocycles. The smallest absolute Gasteiger partial charge is 0.309 e. The van der Waals surface area contributed by atoms with Crippen molar-refractivity contribution in [2.45, 2.75) is 58.0 Å². The summed E-state index contributed by atoms with van der Waals surface area (Å²) in [5.41, 5.74) is -0.220. The number of hydrogen-bond donors (Lipinski definition) is 0. The molecule has 1 fully saturated rings. The number of rotatable bonds is 5. The van der Waals surface area contributed by atoms with E-state index in [0.717, 1.165) is 32.1 Å². The van der Waals surface area contributed by atoms with E-state index in [0.29, 0.717) is 5.92 Å². The number of carbonyl (C=O) groups is 1. The number of fused-ring (bicyclic) bond motifs is 2. The van der Waals surface area contributed by atoms with E-state index in [2.05, 4.69) is 19.1 Å². The third-order valence-corrected chi connectivity index (χ3v) is 3.92. The zero-order valence-electron chi connectivity index (χ0n) is 10.4. The van der Waals surface area contributed by atoms with Crippen LogP contribution in [0.1, 0.15) is 52.4 Å². The number of hydrogen-bond acceptors (Lipinski definition) is 2. The summed E-state index contributed by atoms with van der Waals surface area (Å²) in [4.78, 5) is 11.9. The molecular formula is C14H22O2. The Balaban J connectivity index is 1.85. The minimum absolute atomic E-state index is 0.000602. The van der Waals surface area contributed by atoms with Gasteiger partial charge in [0, 0.05) is 0 Å². The molecule has 2 nitrogen and oxygen atoms in total. The SMILES string of the molecule is CCCCC(C)C(=O)OC12C=CC(CC1)C2. The Hall–Kier alpha value is -0.790. The molecule has 0 radical (unpaired) electrons. The summed E-state index contributed by atoms with van der Waals surface area (Å²) in [6, 6.07) is 0. The van der Waals surface area contributed by atoms with Gasteiger partial charge in [0.05, 0.1) is 5.92 Å². The van der Waals surface area contributed by atoms with Gasteiger partial charge in [-0.3, -0.25) is 4.79 Å². The Bertz CT molecular complexity index is 295. The molecule has 0 N–H and O–H groups in total. The molecule has 2 aliphatic rings. The number of ether oxygens (including phenoxy) is 1. The van der Waals surface area contributed by atoms with E-state index in [-0.39, 0.29) is 17.5 Å². The topological polar surface area (TPSA) is 26.3 Å². The van der Waals surface area contributed by atoms with E-state index in [4.69, 9.17) is 4.74 Å². The lowest BCUT2D eigenvalue weighted by Gasteiger charge is -2.25. The maximum Gasteiger partial charge on any atom is 0.309 e. The highest BCUT2D eigenvalue weighted by atomic mass is 16.6. The normalized spacial score (nSPS) is 33.0. The highest BCUT2D eigenvalue weighted by Crippen LogP contribution is 2.45. The number of unbranched alkanes of at least 4 members (excludes halogenated alkanes) is 1. The van der Waals surface area contributed by atoms with Crippen molar-refractivity contribution in [2.75, 3.05) is 0 Å². The van der Waals surface area contributed by atoms with Gasteiger partial charge >= 0.3 is 5.97 Å². The summed E-state index contributed by atoms with van der Waals surface area (Å²) >= 11 is 0. The lowest BCUT2D eigenvalue weighted by Crippen LogP contribution is -2.31. The van der Waals surface area contributed by atoms with Crippen LogP contribution < -0.4 is 0 Å². The van der Waals surface area contributed by atoms with Crippen LogP contribution in [0.2, 0.25) is 0 Å². The second-order valence-corrected chi connectivity index (χ2v) is 5.39. The molecule has 2 bridgehead atoms. The number of allylic oxidation sites excluding steroid dienone is 1. The van der Waals surface area contributed by atoms with E-state index in [1.54, 1.807) is 0 Å². The molecule has 2 rings (SSSR count). The van der Waals surface area contributed by atoms with Crippen LogP contribution in [0.15, 0.2) is 12.2 Å². The van der Waals surface area contributed by atoms with Gasteiger partial charge < -0.3 is 4.74 Å². The van der Waals surface area contributed by atoms with Gasteiger partial charge in [-0.2, -0.15) is 0 Å². The minimum atomic E-state index is -0.220. The number of carbonyl (C=O) groups excluding carboxylic acids is 1. The summed E-state index contributed by atoms with van der Waals surface area (Å²) in [7, 11) is 0. The van der Waals surface area contributed by atoms with Crippen LogP contribution in [0.4, 0.5) is 0 Å². The van der Waals surface area contributed by atoms with Crippen LogP contribution in [-0.4, -0.2) is 11.6 Å². The van der Waals surface area contributed by atoms with Crippen molar-refractivity contribution in [1.82, 2.24) is 0 Å². The van der Waals surface area contributed by atoms with Crippen LogP contribution >= 0.6 is 0 Å².